The van der Waals surface area contributed by atoms with E-state index in [0.717, 1.165) is 17.7 Å². The van der Waals surface area contributed by atoms with Crippen LogP contribution in [0, 0.1) is 6.92 Å². The van der Waals surface area contributed by atoms with E-state index < -0.39 is 12.0 Å². The van der Waals surface area contributed by atoms with Crippen molar-refractivity contribution in [3.63, 3.8) is 0 Å². The molecule has 0 aliphatic carbocycles. The standard InChI is InChI=1S/C19H26N4O2/c1-5-11(3)13-9-7-8-10-15(13)25-14(6-2)17-16(18(20)24)12(4)22-19(21)23-17/h7-11,14H,5-6H2,1-4H3,(H2,20,24)(H2,21,22,23). The number of primary amides is 1. The summed E-state index contributed by atoms with van der Waals surface area (Å²) in [6.07, 6.45) is 1.19. The van der Waals surface area contributed by atoms with Crippen LogP contribution in [0.2, 0.25) is 0 Å². The number of benzene rings is 1. The number of carbonyl (C=O) groups is 1. The zero-order valence-electron chi connectivity index (χ0n) is 15.2. The molecule has 2 aromatic rings. The first-order chi connectivity index (χ1) is 11.9. The van der Waals surface area contributed by atoms with Crippen LogP contribution in [0.25, 0.3) is 0 Å². The van der Waals surface area contributed by atoms with Gasteiger partial charge in [-0.3, -0.25) is 4.79 Å². The average molecular weight is 342 g/mol. The van der Waals surface area contributed by atoms with E-state index in [4.69, 9.17) is 16.2 Å². The van der Waals surface area contributed by atoms with Gasteiger partial charge in [0, 0.05) is 0 Å². The van der Waals surface area contributed by atoms with Gasteiger partial charge in [-0.25, -0.2) is 9.97 Å². The van der Waals surface area contributed by atoms with Crippen LogP contribution in [0.4, 0.5) is 5.95 Å². The Kier molecular flexibility index (Phi) is 5.96. The predicted molar refractivity (Wildman–Crippen MR) is 98.5 cm³/mol. The number of nitrogen functional groups attached to an aromatic ring is 1. The molecular formula is C19H26N4O2. The molecule has 0 saturated heterocycles. The summed E-state index contributed by atoms with van der Waals surface area (Å²) in [6.45, 7) is 7.96. The van der Waals surface area contributed by atoms with Crippen molar-refractivity contribution in [2.45, 2.75) is 52.6 Å². The number of rotatable bonds is 7. The SMILES string of the molecule is CCC(C)c1ccccc1OC(CC)c1nc(N)nc(C)c1C(N)=O. The van der Waals surface area contributed by atoms with E-state index in [-0.39, 0.29) is 11.5 Å². The molecule has 2 unspecified atom stereocenters. The minimum absolute atomic E-state index is 0.106. The van der Waals surface area contributed by atoms with Gasteiger partial charge in [0.25, 0.3) is 5.91 Å². The highest BCUT2D eigenvalue weighted by Gasteiger charge is 2.24. The Morgan fingerprint density at radius 1 is 1.20 bits per heavy atom. The predicted octanol–water partition coefficient (Wildman–Crippen LogP) is 3.51. The lowest BCUT2D eigenvalue weighted by Gasteiger charge is -2.23. The number of anilines is 1. The molecule has 134 valence electrons. The number of amides is 1. The number of hydrogen-bond donors (Lipinski definition) is 2. The molecule has 0 spiro atoms. The van der Waals surface area contributed by atoms with Crippen LogP contribution in [0.1, 0.15) is 72.9 Å². The minimum Gasteiger partial charge on any atom is -0.484 e. The van der Waals surface area contributed by atoms with E-state index in [0.29, 0.717) is 23.7 Å². The lowest BCUT2D eigenvalue weighted by atomic mass is 9.97. The van der Waals surface area contributed by atoms with Crippen LogP contribution in [0.3, 0.4) is 0 Å². The summed E-state index contributed by atoms with van der Waals surface area (Å²) in [6, 6.07) is 7.93. The average Bonchev–Trinajstić information content (AvgIpc) is 2.58. The second-order valence-corrected chi connectivity index (χ2v) is 6.15. The minimum atomic E-state index is -0.579. The molecule has 1 aromatic heterocycles. The summed E-state index contributed by atoms with van der Waals surface area (Å²) in [7, 11) is 0. The number of ether oxygens (including phenoxy) is 1. The van der Waals surface area contributed by atoms with Crippen molar-refractivity contribution in [3.05, 3.63) is 46.8 Å². The van der Waals surface area contributed by atoms with Gasteiger partial charge in [0.05, 0.1) is 17.0 Å². The quantitative estimate of drug-likeness (QED) is 0.801. The van der Waals surface area contributed by atoms with Gasteiger partial charge >= 0.3 is 0 Å². The largest absolute Gasteiger partial charge is 0.484 e. The molecule has 0 aliphatic heterocycles. The molecule has 1 amide bonds. The Labute approximate surface area is 148 Å². The molecule has 0 radical (unpaired) electrons. The van der Waals surface area contributed by atoms with Crippen molar-refractivity contribution in [1.29, 1.82) is 0 Å². The number of aryl methyl sites for hydroxylation is 1. The molecule has 0 saturated carbocycles. The zero-order valence-corrected chi connectivity index (χ0v) is 15.2. The summed E-state index contributed by atoms with van der Waals surface area (Å²) < 4.78 is 6.25. The molecule has 6 nitrogen and oxygen atoms in total. The smallest absolute Gasteiger partial charge is 0.252 e. The number of nitrogens with zero attached hydrogens (tertiary/aromatic N) is 2. The molecule has 2 atom stereocenters. The van der Waals surface area contributed by atoms with Gasteiger partial charge in [0.1, 0.15) is 11.9 Å². The van der Waals surface area contributed by atoms with Crippen LogP contribution in [0.15, 0.2) is 24.3 Å². The monoisotopic (exact) mass is 342 g/mol. The highest BCUT2D eigenvalue weighted by Crippen LogP contribution is 2.33. The second kappa shape index (κ2) is 7.96. The molecule has 2 rings (SSSR count). The van der Waals surface area contributed by atoms with Crippen LogP contribution in [-0.2, 0) is 0 Å². The van der Waals surface area contributed by atoms with E-state index in [1.165, 1.54) is 0 Å². The van der Waals surface area contributed by atoms with Crippen LogP contribution >= 0.6 is 0 Å². The lowest BCUT2D eigenvalue weighted by molar-refractivity contribution is 0.0992. The van der Waals surface area contributed by atoms with E-state index in [9.17, 15) is 4.79 Å². The molecule has 1 heterocycles. The number of nitrogens with two attached hydrogens (primary N) is 2. The van der Waals surface area contributed by atoms with Crippen LogP contribution in [-0.4, -0.2) is 15.9 Å². The maximum atomic E-state index is 11.9. The van der Waals surface area contributed by atoms with Crippen molar-refractivity contribution in [2.75, 3.05) is 5.73 Å². The zero-order chi connectivity index (χ0) is 18.6. The number of aromatic nitrogens is 2. The summed E-state index contributed by atoms with van der Waals surface area (Å²) in [4.78, 5) is 20.2. The van der Waals surface area contributed by atoms with Crippen molar-refractivity contribution in [3.8, 4) is 5.75 Å². The third kappa shape index (κ3) is 4.07. The van der Waals surface area contributed by atoms with Gasteiger partial charge in [-0.2, -0.15) is 0 Å². The Bertz CT molecular complexity index is 761. The topological polar surface area (TPSA) is 104 Å². The molecule has 0 aliphatic rings. The van der Waals surface area contributed by atoms with Gasteiger partial charge in [-0.1, -0.05) is 39.0 Å². The van der Waals surface area contributed by atoms with Crippen molar-refractivity contribution < 1.29 is 9.53 Å². The molecule has 0 fully saturated rings. The Balaban J connectivity index is 2.48. The number of hydrogen-bond acceptors (Lipinski definition) is 5. The number of para-hydroxylation sites is 1. The fraction of sp³-hybridized carbons (Fsp3) is 0.421. The first kappa shape index (κ1) is 18.7. The molecular weight excluding hydrogens is 316 g/mol. The fourth-order valence-corrected chi connectivity index (χ4v) is 2.86. The Morgan fingerprint density at radius 3 is 2.48 bits per heavy atom. The van der Waals surface area contributed by atoms with Gasteiger partial charge in [0.2, 0.25) is 5.95 Å². The number of carbonyl (C=O) groups excluding carboxylic acids is 1. The van der Waals surface area contributed by atoms with Crippen molar-refractivity contribution in [1.82, 2.24) is 9.97 Å². The molecule has 1 aromatic carbocycles. The van der Waals surface area contributed by atoms with Crippen LogP contribution in [0.5, 0.6) is 5.75 Å². The normalized spacial score (nSPS) is 13.3. The van der Waals surface area contributed by atoms with Gasteiger partial charge in [-0.15, -0.1) is 0 Å². The molecule has 0 bridgehead atoms. The molecule has 25 heavy (non-hydrogen) atoms. The molecule has 6 heteroatoms. The highest BCUT2D eigenvalue weighted by atomic mass is 16.5. The summed E-state index contributed by atoms with van der Waals surface area (Å²) in [5, 5.41) is 0. The van der Waals surface area contributed by atoms with Crippen LogP contribution < -0.4 is 16.2 Å². The highest BCUT2D eigenvalue weighted by molar-refractivity contribution is 5.95. The first-order valence-corrected chi connectivity index (χ1v) is 8.58. The fourth-order valence-electron chi connectivity index (χ4n) is 2.86. The van der Waals surface area contributed by atoms with E-state index >= 15 is 0 Å². The van der Waals surface area contributed by atoms with E-state index in [2.05, 4.69) is 29.9 Å². The third-order valence-corrected chi connectivity index (χ3v) is 4.39. The maximum absolute atomic E-state index is 11.9. The Morgan fingerprint density at radius 2 is 1.88 bits per heavy atom. The first-order valence-electron chi connectivity index (χ1n) is 8.58. The van der Waals surface area contributed by atoms with Gasteiger partial charge < -0.3 is 16.2 Å². The van der Waals surface area contributed by atoms with E-state index in [1.807, 2.05) is 25.1 Å². The maximum Gasteiger partial charge on any atom is 0.252 e. The summed E-state index contributed by atoms with van der Waals surface area (Å²) in [5.74, 6) is 0.676. The van der Waals surface area contributed by atoms with Gasteiger partial charge in [-0.05, 0) is 37.3 Å². The third-order valence-electron chi connectivity index (χ3n) is 4.39. The van der Waals surface area contributed by atoms with Gasteiger partial charge in [0.15, 0.2) is 0 Å². The van der Waals surface area contributed by atoms with Crippen molar-refractivity contribution in [2.24, 2.45) is 5.73 Å². The lowest BCUT2D eigenvalue weighted by Crippen LogP contribution is -2.23. The summed E-state index contributed by atoms with van der Waals surface area (Å²) in [5.41, 5.74) is 13.6. The molecule has 4 N–H and O–H groups in total. The Hall–Kier alpha value is -2.63. The second-order valence-electron chi connectivity index (χ2n) is 6.15. The van der Waals surface area contributed by atoms with Crippen molar-refractivity contribution >= 4 is 11.9 Å². The summed E-state index contributed by atoms with van der Waals surface area (Å²) >= 11 is 0. The van der Waals surface area contributed by atoms with E-state index in [1.54, 1.807) is 6.92 Å².